The molecule has 0 radical (unpaired) electrons. The van der Waals surface area contributed by atoms with E-state index in [9.17, 15) is 14.7 Å². The first-order valence-electron chi connectivity index (χ1n) is 27.9. The van der Waals surface area contributed by atoms with Crippen molar-refractivity contribution in [3.8, 4) is 39.3 Å². The van der Waals surface area contributed by atoms with Crippen LogP contribution in [-0.2, 0) is 20.9 Å². The molecule has 1 saturated carbocycles. The average molecular weight is 1080 g/mol. The van der Waals surface area contributed by atoms with Crippen LogP contribution in [0.5, 0.6) is 5.75 Å². The highest BCUT2D eigenvalue weighted by atomic mass is 32.1. The zero-order valence-corrected chi connectivity index (χ0v) is 47.1. The van der Waals surface area contributed by atoms with Gasteiger partial charge in [0.2, 0.25) is 5.91 Å². The Kier molecular flexibility index (Phi) is 18.7. The molecule has 3 unspecified atom stereocenters. The Bertz CT molecular complexity index is 2970. The topological polar surface area (TPSA) is 197 Å². The third-order valence-electron chi connectivity index (χ3n) is 16.7. The molecule has 4 fully saturated rings. The molecule has 4 aromatic heterocycles. The molecule has 17 nitrogen and oxygen atoms in total. The van der Waals surface area contributed by atoms with E-state index >= 15 is 0 Å². The van der Waals surface area contributed by atoms with Crippen LogP contribution in [0.15, 0.2) is 83.1 Å². The van der Waals surface area contributed by atoms with Crippen LogP contribution in [0.2, 0.25) is 0 Å². The molecule has 7 heterocycles. The third kappa shape index (κ3) is 14.0. The minimum absolute atomic E-state index is 0.0214. The molecule has 1 amide bonds. The van der Waals surface area contributed by atoms with Crippen molar-refractivity contribution < 1.29 is 24.0 Å². The summed E-state index contributed by atoms with van der Waals surface area (Å²) in [6.07, 6.45) is 14.2. The molecule has 4 N–H and O–H groups in total. The van der Waals surface area contributed by atoms with Gasteiger partial charge in [-0.1, -0.05) is 67.2 Å². The number of rotatable bonds is 18. The number of phenols is 1. The number of likely N-dealkylation sites (N-methyl/N-ethyl adjacent to an activating group) is 2. The van der Waals surface area contributed by atoms with Crippen molar-refractivity contribution in [3.63, 3.8) is 0 Å². The SMILES string of the molecule is CC(C)C(C=O)c1cc(N2CCC(CN3CCC4(CC3)CC(N(C)CCOCCn3cc(C#Cc5cc(-c6ccccc6O)nnc5N)cn3)C4)CC2)no1.Cc1ncsc1-c1ccc(C(C)NC(=O)C2CCCN2C)cc1. The average Bonchev–Trinajstić information content (AvgIpc) is 4.33. The molecule has 0 bridgehead atoms. The Morgan fingerprint density at radius 1 is 1.01 bits per heavy atom. The van der Waals surface area contributed by atoms with Gasteiger partial charge in [0.05, 0.1) is 76.9 Å². The number of aldehydes is 1. The number of thiazole rings is 1. The fourth-order valence-corrected chi connectivity index (χ4v) is 12.3. The van der Waals surface area contributed by atoms with Crippen LogP contribution in [0, 0.1) is 36.0 Å². The molecular formula is C60H78N12O5S. The highest BCUT2D eigenvalue weighted by Crippen LogP contribution is 2.51. The van der Waals surface area contributed by atoms with E-state index in [1.54, 1.807) is 41.8 Å². The number of amides is 1. The second-order valence-corrected chi connectivity index (χ2v) is 23.3. The predicted octanol–water partition coefficient (Wildman–Crippen LogP) is 8.45. The largest absolute Gasteiger partial charge is 0.507 e. The van der Waals surface area contributed by atoms with Gasteiger partial charge in [-0.3, -0.25) is 14.4 Å². The number of nitrogens with one attached hydrogen (secondary N) is 1. The van der Waals surface area contributed by atoms with Crippen molar-refractivity contribution in [2.45, 2.75) is 110 Å². The first-order chi connectivity index (χ1) is 37.7. The van der Waals surface area contributed by atoms with Crippen molar-refractivity contribution in [2.24, 2.45) is 17.3 Å². The number of aromatic hydroxyl groups is 1. The van der Waals surface area contributed by atoms with Gasteiger partial charge in [-0.15, -0.1) is 21.5 Å². The number of benzene rings is 2. The lowest BCUT2D eigenvalue weighted by atomic mass is 9.60. The number of ether oxygens (including phenoxy) is 1. The summed E-state index contributed by atoms with van der Waals surface area (Å²) in [5.41, 5.74) is 14.2. The van der Waals surface area contributed by atoms with E-state index in [0.29, 0.717) is 53.8 Å². The van der Waals surface area contributed by atoms with Crippen molar-refractivity contribution in [3.05, 3.63) is 107 Å². The molecule has 3 saturated heterocycles. The number of nitrogen functional groups attached to an aromatic ring is 1. The molecule has 3 aliphatic heterocycles. The number of carbonyl (C=O) groups excluding carboxylic acids is 2. The summed E-state index contributed by atoms with van der Waals surface area (Å²) < 4.78 is 13.4. The van der Waals surface area contributed by atoms with Gasteiger partial charge < -0.3 is 44.9 Å². The fraction of sp³-hybridized carbons (Fsp3) is 0.517. The van der Waals surface area contributed by atoms with E-state index in [0.717, 1.165) is 73.9 Å². The zero-order valence-electron chi connectivity index (χ0n) is 46.3. The quantitative estimate of drug-likeness (QED) is 0.0421. The van der Waals surface area contributed by atoms with Crippen LogP contribution >= 0.6 is 11.3 Å². The lowest BCUT2D eigenvalue weighted by Gasteiger charge is -2.55. The fourth-order valence-electron chi connectivity index (χ4n) is 11.5. The first kappa shape index (κ1) is 56.2. The second-order valence-electron chi connectivity index (χ2n) is 22.4. The van der Waals surface area contributed by atoms with E-state index in [1.165, 1.54) is 68.6 Å². The van der Waals surface area contributed by atoms with Gasteiger partial charge in [-0.2, -0.15) is 5.10 Å². The molecule has 78 heavy (non-hydrogen) atoms. The maximum atomic E-state index is 12.4. The van der Waals surface area contributed by atoms with Crippen molar-refractivity contribution in [1.29, 1.82) is 0 Å². The van der Waals surface area contributed by atoms with Gasteiger partial charge in [-0.05, 0) is 146 Å². The Balaban J connectivity index is 0.000000267. The molecule has 10 rings (SSSR count). The number of carbonyl (C=O) groups is 2. The number of hydrogen-bond donors (Lipinski definition) is 3. The molecule has 1 aliphatic carbocycles. The van der Waals surface area contributed by atoms with Gasteiger partial charge in [0, 0.05) is 50.0 Å². The van der Waals surface area contributed by atoms with Crippen LogP contribution in [0.3, 0.4) is 0 Å². The Morgan fingerprint density at radius 3 is 2.47 bits per heavy atom. The summed E-state index contributed by atoms with van der Waals surface area (Å²) in [5, 5.41) is 30.2. The normalized spacial score (nSPS) is 18.8. The second kappa shape index (κ2) is 26.0. The van der Waals surface area contributed by atoms with E-state index in [2.05, 4.69) is 93.5 Å². The number of piperidine rings is 2. The minimum atomic E-state index is -0.233. The summed E-state index contributed by atoms with van der Waals surface area (Å²) in [7, 11) is 4.26. The minimum Gasteiger partial charge on any atom is -0.507 e. The van der Waals surface area contributed by atoms with E-state index in [-0.39, 0.29) is 41.4 Å². The maximum Gasteiger partial charge on any atom is 0.237 e. The van der Waals surface area contributed by atoms with Crippen LogP contribution in [0.1, 0.15) is 112 Å². The Morgan fingerprint density at radius 2 is 1.78 bits per heavy atom. The Labute approximate surface area is 463 Å². The highest BCUT2D eigenvalue weighted by molar-refractivity contribution is 7.13. The van der Waals surface area contributed by atoms with Gasteiger partial charge in [-0.25, -0.2) is 4.98 Å². The molecule has 3 atom stereocenters. The van der Waals surface area contributed by atoms with Crippen LogP contribution in [0.4, 0.5) is 11.6 Å². The monoisotopic (exact) mass is 1080 g/mol. The van der Waals surface area contributed by atoms with Gasteiger partial charge in [0.15, 0.2) is 11.6 Å². The predicted molar refractivity (Wildman–Crippen MR) is 306 cm³/mol. The van der Waals surface area contributed by atoms with E-state index < -0.39 is 0 Å². The van der Waals surface area contributed by atoms with Gasteiger partial charge >= 0.3 is 0 Å². The highest BCUT2D eigenvalue weighted by Gasteiger charge is 2.47. The molecule has 6 aromatic rings. The smallest absolute Gasteiger partial charge is 0.237 e. The van der Waals surface area contributed by atoms with Crippen molar-refractivity contribution in [1.82, 2.24) is 50.1 Å². The van der Waals surface area contributed by atoms with Crippen LogP contribution in [-0.4, -0.2) is 147 Å². The summed E-state index contributed by atoms with van der Waals surface area (Å²) >= 11 is 1.66. The molecule has 2 aromatic carbocycles. The number of phenolic OH excluding ortho intramolecular Hbond substituents is 1. The van der Waals surface area contributed by atoms with Gasteiger partial charge in [0.1, 0.15) is 17.8 Å². The van der Waals surface area contributed by atoms with Crippen LogP contribution < -0.4 is 16.0 Å². The summed E-state index contributed by atoms with van der Waals surface area (Å²) in [6.45, 7) is 17.6. The summed E-state index contributed by atoms with van der Waals surface area (Å²) in [5.74, 6) is 8.91. The Hall–Kier alpha value is -6.49. The molecular weight excluding hydrogens is 1000 g/mol. The van der Waals surface area contributed by atoms with Gasteiger partial charge in [0.25, 0.3) is 0 Å². The lowest BCUT2D eigenvalue weighted by Crippen LogP contribution is -2.55. The number of para-hydroxylation sites is 1. The number of likely N-dealkylation sites (tertiary alicyclic amines) is 2. The maximum absolute atomic E-state index is 12.4. The number of nitrogens with zero attached hydrogens (tertiary/aromatic N) is 10. The number of aryl methyl sites for hydroxylation is 1. The van der Waals surface area contributed by atoms with Crippen molar-refractivity contribution in [2.75, 3.05) is 83.8 Å². The molecule has 18 heteroatoms. The van der Waals surface area contributed by atoms with Crippen LogP contribution in [0.25, 0.3) is 21.7 Å². The number of nitrogens with two attached hydrogens (primary N) is 1. The molecule has 414 valence electrons. The lowest BCUT2D eigenvalue weighted by molar-refractivity contribution is -0.125. The molecule has 1 spiro atoms. The summed E-state index contributed by atoms with van der Waals surface area (Å²) in [4.78, 5) is 39.1. The zero-order chi connectivity index (χ0) is 54.8. The van der Waals surface area contributed by atoms with Crippen molar-refractivity contribution >= 4 is 35.2 Å². The summed E-state index contributed by atoms with van der Waals surface area (Å²) in [6, 6.07) is 19.8. The first-order valence-corrected chi connectivity index (χ1v) is 28.8. The van der Waals surface area contributed by atoms with E-state index in [4.69, 9.17) is 15.0 Å². The number of aromatic nitrogens is 6. The standard InChI is InChI=1S/C42H55N9O4.C18H23N3OS/c1-30(2)36(29-52)39-23-40(47-55-39)50-14-10-31(11-15-50)27-49-16-12-42(13-17-49)24-34(25-42)48(3)18-20-54-21-19-51-28-32(26-44-51)8-9-33-22-37(45-46-41(33)43)35-6-4-5-7-38(35)53;1-12(20-18(22)16-5-4-10-21(16)3)14-6-8-15(9-7-14)17-13(2)19-11-23-17/h4-7,22-23,26,28-31,34,36,53H,10-21,24-25,27H2,1-3H3,(H2,43,46);6-9,11-12,16H,4-5,10H2,1-3H3,(H,20,22). The number of anilines is 2. The molecule has 4 aliphatic rings. The van der Waals surface area contributed by atoms with E-state index in [1.807, 2.05) is 63.3 Å². The third-order valence-corrected chi connectivity index (χ3v) is 17.6. The number of hydrogen-bond acceptors (Lipinski definition) is 16.